The van der Waals surface area contributed by atoms with Crippen LogP contribution in [0.1, 0.15) is 21.7 Å². The van der Waals surface area contributed by atoms with Crippen molar-refractivity contribution in [2.24, 2.45) is 0 Å². The van der Waals surface area contributed by atoms with Gasteiger partial charge in [-0.3, -0.25) is 4.79 Å². The highest BCUT2D eigenvalue weighted by atomic mass is 32.2. The lowest BCUT2D eigenvalue weighted by Crippen LogP contribution is -2.22. The molecule has 0 fully saturated rings. The molecule has 0 saturated heterocycles. The van der Waals surface area contributed by atoms with Crippen molar-refractivity contribution in [2.45, 2.75) is 18.6 Å². The molecule has 1 aromatic heterocycles. The smallest absolute Gasteiger partial charge is 0.274 e. The van der Waals surface area contributed by atoms with Gasteiger partial charge in [-0.25, -0.2) is 13.1 Å². The third-order valence-corrected chi connectivity index (χ3v) is 3.81. The van der Waals surface area contributed by atoms with E-state index in [0.717, 1.165) is 11.1 Å². The largest absolute Gasteiger partial charge is 0.440 e. The molecule has 1 N–H and O–H groups in total. The van der Waals surface area contributed by atoms with Gasteiger partial charge in [0.05, 0.1) is 0 Å². The molecular weight excluding hydrogens is 266 g/mol. The molecule has 0 amide bonds. The summed E-state index contributed by atoms with van der Waals surface area (Å²) in [7, 11) is -3.74. The fourth-order valence-corrected chi connectivity index (χ4v) is 2.57. The Morgan fingerprint density at radius 1 is 1.26 bits per heavy atom. The van der Waals surface area contributed by atoms with Gasteiger partial charge in [0.15, 0.2) is 12.0 Å². The number of carbonyl (C=O) groups is 1. The number of sulfonamides is 1. The molecule has 6 heteroatoms. The molecule has 0 atom stereocenters. The number of furan rings is 1. The van der Waals surface area contributed by atoms with Gasteiger partial charge in [0.1, 0.15) is 0 Å². The van der Waals surface area contributed by atoms with Crippen LogP contribution in [0.5, 0.6) is 0 Å². The van der Waals surface area contributed by atoms with E-state index >= 15 is 0 Å². The van der Waals surface area contributed by atoms with Gasteiger partial charge in [-0.1, -0.05) is 29.8 Å². The molecule has 1 heterocycles. The van der Waals surface area contributed by atoms with E-state index in [1.165, 1.54) is 12.1 Å². The Kier molecular flexibility index (Phi) is 3.82. The van der Waals surface area contributed by atoms with Gasteiger partial charge in [0.2, 0.25) is 5.09 Å². The maximum Gasteiger partial charge on any atom is 0.274 e. The lowest BCUT2D eigenvalue weighted by atomic mass is 10.1. The van der Waals surface area contributed by atoms with Gasteiger partial charge in [0, 0.05) is 6.54 Å². The first-order valence-corrected chi connectivity index (χ1v) is 7.10. The quantitative estimate of drug-likeness (QED) is 0.848. The van der Waals surface area contributed by atoms with Crippen LogP contribution in [0.15, 0.2) is 45.9 Å². The monoisotopic (exact) mass is 279 g/mol. The van der Waals surface area contributed by atoms with E-state index in [2.05, 4.69) is 4.72 Å². The summed E-state index contributed by atoms with van der Waals surface area (Å²) < 4.78 is 31.1. The highest BCUT2D eigenvalue weighted by Crippen LogP contribution is 2.13. The van der Waals surface area contributed by atoms with Crippen molar-refractivity contribution in [3.05, 3.63) is 53.3 Å². The van der Waals surface area contributed by atoms with Gasteiger partial charge >= 0.3 is 0 Å². The number of nitrogens with one attached hydrogen (secondary N) is 1. The topological polar surface area (TPSA) is 76.4 Å². The summed E-state index contributed by atoms with van der Waals surface area (Å²) in [6.45, 7) is 2.10. The number of hydrogen-bond donors (Lipinski definition) is 1. The summed E-state index contributed by atoms with van der Waals surface area (Å²) in [5.74, 6) is -0.0177. The maximum absolute atomic E-state index is 11.9. The van der Waals surface area contributed by atoms with Gasteiger partial charge in [-0.05, 0) is 24.6 Å². The van der Waals surface area contributed by atoms with E-state index in [9.17, 15) is 13.2 Å². The van der Waals surface area contributed by atoms with Crippen LogP contribution in [0.3, 0.4) is 0 Å². The molecule has 0 aliphatic rings. The zero-order valence-corrected chi connectivity index (χ0v) is 11.1. The standard InChI is InChI=1S/C13H13NO4S/c1-10-3-2-4-11(7-10)8-14-19(16,17)13-6-5-12(9-15)18-13/h2-7,9,14H,8H2,1H3. The van der Waals surface area contributed by atoms with Crippen LogP contribution in [0, 0.1) is 6.92 Å². The van der Waals surface area contributed by atoms with Gasteiger partial charge in [-0.15, -0.1) is 0 Å². The molecule has 5 nitrogen and oxygen atoms in total. The van der Waals surface area contributed by atoms with Crippen molar-refractivity contribution in [1.29, 1.82) is 0 Å². The molecule has 100 valence electrons. The molecule has 2 rings (SSSR count). The number of hydrogen-bond acceptors (Lipinski definition) is 4. The molecule has 0 aliphatic carbocycles. The van der Waals surface area contributed by atoms with Crippen LogP contribution in [-0.4, -0.2) is 14.7 Å². The van der Waals surface area contributed by atoms with Gasteiger partial charge in [-0.2, -0.15) is 0 Å². The van der Waals surface area contributed by atoms with Gasteiger partial charge < -0.3 is 4.42 Å². The lowest BCUT2D eigenvalue weighted by Gasteiger charge is -2.05. The first-order chi connectivity index (χ1) is 9.01. The van der Waals surface area contributed by atoms with Gasteiger partial charge in [0.25, 0.3) is 10.0 Å². The Morgan fingerprint density at radius 2 is 2.05 bits per heavy atom. The van der Waals surface area contributed by atoms with Crippen LogP contribution in [0.2, 0.25) is 0 Å². The molecule has 19 heavy (non-hydrogen) atoms. The summed E-state index contributed by atoms with van der Waals surface area (Å²) in [5.41, 5.74) is 1.91. The zero-order chi connectivity index (χ0) is 13.9. The summed E-state index contributed by atoms with van der Waals surface area (Å²) in [6, 6.07) is 10.1. The van der Waals surface area contributed by atoms with E-state index < -0.39 is 10.0 Å². The van der Waals surface area contributed by atoms with Crippen molar-refractivity contribution in [1.82, 2.24) is 4.72 Å². The molecule has 0 saturated carbocycles. The zero-order valence-electron chi connectivity index (χ0n) is 10.3. The first kappa shape index (κ1) is 13.5. The Balaban J connectivity index is 2.11. The van der Waals surface area contributed by atoms with Crippen LogP contribution in [0.4, 0.5) is 0 Å². The van der Waals surface area contributed by atoms with Crippen LogP contribution >= 0.6 is 0 Å². The van der Waals surface area contributed by atoms with E-state index in [1.807, 2.05) is 31.2 Å². The number of aldehydes is 1. The molecule has 0 bridgehead atoms. The highest BCUT2D eigenvalue weighted by molar-refractivity contribution is 7.89. The Labute approximate surface area is 111 Å². The second kappa shape index (κ2) is 5.38. The average Bonchev–Trinajstić information content (AvgIpc) is 2.86. The Hall–Kier alpha value is -1.92. The van der Waals surface area contributed by atoms with Crippen LogP contribution in [0.25, 0.3) is 0 Å². The summed E-state index contributed by atoms with van der Waals surface area (Å²) >= 11 is 0. The van der Waals surface area contributed by atoms with E-state index in [1.54, 1.807) is 0 Å². The Bertz CT molecular complexity index is 688. The molecule has 2 aromatic rings. The second-order valence-corrected chi connectivity index (χ2v) is 5.79. The predicted molar refractivity (Wildman–Crippen MR) is 69.3 cm³/mol. The third kappa shape index (κ3) is 3.30. The number of carbonyl (C=O) groups excluding carboxylic acids is 1. The molecule has 0 unspecified atom stereocenters. The van der Waals surface area contributed by atoms with Crippen molar-refractivity contribution >= 4 is 16.3 Å². The van der Waals surface area contributed by atoms with Crippen molar-refractivity contribution in [3.63, 3.8) is 0 Å². The van der Waals surface area contributed by atoms with Crippen molar-refractivity contribution < 1.29 is 17.6 Å². The summed E-state index contributed by atoms with van der Waals surface area (Å²) in [5, 5.41) is -0.262. The normalized spacial score (nSPS) is 11.4. The van der Waals surface area contributed by atoms with Crippen LogP contribution in [-0.2, 0) is 16.6 Å². The molecule has 0 spiro atoms. The number of rotatable bonds is 5. The molecular formula is C13H13NO4S. The minimum Gasteiger partial charge on any atom is -0.440 e. The summed E-state index contributed by atoms with van der Waals surface area (Å²) in [6.07, 6.45) is 0.458. The number of aryl methyl sites for hydroxylation is 1. The molecule has 0 aliphatic heterocycles. The fourth-order valence-electron chi connectivity index (χ4n) is 1.61. The second-order valence-electron chi connectivity index (χ2n) is 4.09. The van der Waals surface area contributed by atoms with E-state index in [-0.39, 0.29) is 17.4 Å². The summed E-state index contributed by atoms with van der Waals surface area (Å²) in [4.78, 5) is 10.5. The van der Waals surface area contributed by atoms with Crippen molar-refractivity contribution in [3.8, 4) is 0 Å². The third-order valence-electron chi connectivity index (χ3n) is 2.53. The number of benzene rings is 1. The van der Waals surface area contributed by atoms with E-state index in [0.29, 0.717) is 6.29 Å². The molecule has 0 radical (unpaired) electrons. The minimum absolute atomic E-state index is 0.0177. The highest BCUT2D eigenvalue weighted by Gasteiger charge is 2.18. The maximum atomic E-state index is 11.9. The lowest BCUT2D eigenvalue weighted by molar-refractivity contribution is 0.109. The minimum atomic E-state index is -3.74. The van der Waals surface area contributed by atoms with Crippen molar-refractivity contribution in [2.75, 3.05) is 0 Å². The van der Waals surface area contributed by atoms with E-state index in [4.69, 9.17) is 4.42 Å². The Morgan fingerprint density at radius 3 is 2.68 bits per heavy atom. The SMILES string of the molecule is Cc1cccc(CNS(=O)(=O)c2ccc(C=O)o2)c1. The average molecular weight is 279 g/mol. The molecule has 1 aromatic carbocycles. The first-order valence-electron chi connectivity index (χ1n) is 5.61. The predicted octanol–water partition coefficient (Wildman–Crippen LogP) is 1.88. The fraction of sp³-hybridized carbons (Fsp3) is 0.154. The van der Waals surface area contributed by atoms with Crippen LogP contribution < -0.4 is 4.72 Å².